The van der Waals surface area contributed by atoms with Crippen molar-refractivity contribution < 1.29 is 14.3 Å². The van der Waals surface area contributed by atoms with Gasteiger partial charge in [0, 0.05) is 36.0 Å². The minimum Gasteiger partial charge on any atom is -0.381 e. The molecular formula is C20H29N3O3. The Labute approximate surface area is 154 Å². The summed E-state index contributed by atoms with van der Waals surface area (Å²) in [5.41, 5.74) is 7.14. The van der Waals surface area contributed by atoms with Gasteiger partial charge in [-0.05, 0) is 56.9 Å². The number of hydrogen-bond acceptors (Lipinski definition) is 4. The first-order valence-corrected chi connectivity index (χ1v) is 9.54. The number of anilines is 1. The largest absolute Gasteiger partial charge is 0.381 e. The first kappa shape index (κ1) is 18.9. The van der Waals surface area contributed by atoms with Gasteiger partial charge in [0.2, 0.25) is 5.91 Å². The number of amides is 2. The molecule has 1 aliphatic heterocycles. The van der Waals surface area contributed by atoms with Crippen molar-refractivity contribution in [2.24, 2.45) is 11.7 Å². The highest BCUT2D eigenvalue weighted by Crippen LogP contribution is 2.32. The van der Waals surface area contributed by atoms with Crippen molar-refractivity contribution in [3.05, 3.63) is 29.8 Å². The predicted octanol–water partition coefficient (Wildman–Crippen LogP) is 2.44. The van der Waals surface area contributed by atoms with Crippen molar-refractivity contribution >= 4 is 17.5 Å². The van der Waals surface area contributed by atoms with Crippen LogP contribution < -0.4 is 16.4 Å². The highest BCUT2D eigenvalue weighted by Gasteiger charge is 2.37. The topological polar surface area (TPSA) is 93.5 Å². The second-order valence-electron chi connectivity index (χ2n) is 7.73. The maximum absolute atomic E-state index is 12.6. The van der Waals surface area contributed by atoms with Gasteiger partial charge < -0.3 is 21.1 Å². The zero-order valence-corrected chi connectivity index (χ0v) is 15.4. The maximum Gasteiger partial charge on any atom is 0.251 e. The molecule has 142 valence electrons. The minimum atomic E-state index is -0.453. The molecule has 3 rings (SSSR count). The number of benzene rings is 1. The van der Waals surface area contributed by atoms with Crippen molar-refractivity contribution in [2.45, 2.75) is 57.0 Å². The summed E-state index contributed by atoms with van der Waals surface area (Å²) in [6, 6.07) is 7.20. The van der Waals surface area contributed by atoms with E-state index in [1.54, 1.807) is 24.3 Å². The molecule has 2 amide bonds. The van der Waals surface area contributed by atoms with Gasteiger partial charge in [-0.25, -0.2) is 0 Å². The van der Waals surface area contributed by atoms with Crippen LogP contribution in [0.2, 0.25) is 0 Å². The van der Waals surface area contributed by atoms with Gasteiger partial charge in [0.25, 0.3) is 5.91 Å². The lowest BCUT2D eigenvalue weighted by atomic mass is 9.74. The fraction of sp³-hybridized carbons (Fsp3) is 0.600. The molecule has 4 N–H and O–H groups in total. The highest BCUT2D eigenvalue weighted by atomic mass is 16.5. The average molecular weight is 359 g/mol. The quantitative estimate of drug-likeness (QED) is 0.770. The summed E-state index contributed by atoms with van der Waals surface area (Å²) in [4.78, 5) is 24.9. The smallest absolute Gasteiger partial charge is 0.251 e. The lowest BCUT2D eigenvalue weighted by molar-refractivity contribution is -0.122. The molecule has 2 fully saturated rings. The van der Waals surface area contributed by atoms with Crippen LogP contribution in [0.25, 0.3) is 0 Å². The van der Waals surface area contributed by atoms with E-state index < -0.39 is 5.54 Å². The van der Waals surface area contributed by atoms with Gasteiger partial charge >= 0.3 is 0 Å². The molecule has 6 heteroatoms. The number of nitrogens with one attached hydrogen (secondary N) is 2. The zero-order chi connectivity index (χ0) is 18.6. The molecule has 1 saturated carbocycles. The van der Waals surface area contributed by atoms with Crippen molar-refractivity contribution in [1.29, 1.82) is 0 Å². The Morgan fingerprint density at radius 2 is 1.81 bits per heavy atom. The molecule has 0 spiro atoms. The Morgan fingerprint density at radius 1 is 1.12 bits per heavy atom. The third-order valence-electron chi connectivity index (χ3n) is 5.54. The Kier molecular flexibility index (Phi) is 5.94. The van der Waals surface area contributed by atoms with E-state index in [2.05, 4.69) is 10.6 Å². The van der Waals surface area contributed by atoms with Crippen LogP contribution in [-0.2, 0) is 9.53 Å². The second-order valence-corrected chi connectivity index (χ2v) is 7.73. The van der Waals surface area contributed by atoms with Gasteiger partial charge in [-0.1, -0.05) is 12.8 Å². The molecule has 1 aromatic carbocycles. The van der Waals surface area contributed by atoms with E-state index in [0.29, 0.717) is 24.5 Å². The molecule has 0 aromatic heterocycles. The van der Waals surface area contributed by atoms with Gasteiger partial charge in [-0.15, -0.1) is 0 Å². The molecule has 6 nitrogen and oxygen atoms in total. The van der Waals surface area contributed by atoms with Gasteiger partial charge in [0.05, 0.1) is 5.92 Å². The molecular weight excluding hydrogens is 330 g/mol. The van der Waals surface area contributed by atoms with Crippen LogP contribution in [0.4, 0.5) is 5.69 Å². The molecule has 0 bridgehead atoms. The summed E-state index contributed by atoms with van der Waals surface area (Å²) >= 11 is 0. The van der Waals surface area contributed by atoms with E-state index in [1.165, 1.54) is 0 Å². The van der Waals surface area contributed by atoms with Crippen LogP contribution in [0.15, 0.2) is 24.3 Å². The summed E-state index contributed by atoms with van der Waals surface area (Å²) in [5.74, 6) is -0.293. The van der Waals surface area contributed by atoms with E-state index in [4.69, 9.17) is 10.5 Å². The molecule has 1 aromatic rings. The predicted molar refractivity (Wildman–Crippen MR) is 101 cm³/mol. The van der Waals surface area contributed by atoms with Crippen molar-refractivity contribution in [1.82, 2.24) is 5.32 Å². The Hall–Kier alpha value is -1.92. The summed E-state index contributed by atoms with van der Waals surface area (Å²) in [6.45, 7) is 3.34. The number of carbonyl (C=O) groups excluding carboxylic acids is 2. The molecule has 2 unspecified atom stereocenters. The van der Waals surface area contributed by atoms with Crippen molar-refractivity contribution in [3.8, 4) is 0 Å². The van der Waals surface area contributed by atoms with Crippen LogP contribution in [0.5, 0.6) is 0 Å². The average Bonchev–Trinajstić information content (AvgIpc) is 2.62. The van der Waals surface area contributed by atoms with E-state index in [1.807, 2.05) is 6.92 Å². The van der Waals surface area contributed by atoms with Crippen LogP contribution >= 0.6 is 0 Å². The van der Waals surface area contributed by atoms with Crippen LogP contribution in [-0.4, -0.2) is 36.6 Å². The fourth-order valence-electron chi connectivity index (χ4n) is 3.83. The van der Waals surface area contributed by atoms with E-state index >= 15 is 0 Å². The van der Waals surface area contributed by atoms with E-state index in [0.717, 1.165) is 38.5 Å². The monoisotopic (exact) mass is 359 g/mol. The first-order chi connectivity index (χ1) is 12.5. The van der Waals surface area contributed by atoms with Crippen molar-refractivity contribution in [3.63, 3.8) is 0 Å². The van der Waals surface area contributed by atoms with Gasteiger partial charge in [0.15, 0.2) is 0 Å². The summed E-state index contributed by atoms with van der Waals surface area (Å²) < 4.78 is 5.30. The minimum absolute atomic E-state index is 0.0332. The number of nitrogens with two attached hydrogens (primary N) is 1. The fourth-order valence-corrected chi connectivity index (χ4v) is 3.83. The SMILES string of the molecule is CC1(N)CCCCC1C(=O)Nc1ccc(C(=O)NC2CCOCC2)cc1. The normalized spacial score (nSPS) is 26.9. The second kappa shape index (κ2) is 8.18. The number of ether oxygens (including phenoxy) is 1. The Balaban J connectivity index is 1.57. The molecule has 26 heavy (non-hydrogen) atoms. The van der Waals surface area contributed by atoms with Crippen LogP contribution in [0, 0.1) is 5.92 Å². The number of hydrogen-bond donors (Lipinski definition) is 3. The third kappa shape index (κ3) is 4.62. The first-order valence-electron chi connectivity index (χ1n) is 9.54. The van der Waals surface area contributed by atoms with Crippen LogP contribution in [0.3, 0.4) is 0 Å². The summed E-state index contributed by atoms with van der Waals surface area (Å²) in [5, 5.41) is 5.98. The van der Waals surface area contributed by atoms with Gasteiger partial charge in [-0.3, -0.25) is 9.59 Å². The number of carbonyl (C=O) groups is 2. The van der Waals surface area contributed by atoms with Crippen LogP contribution in [0.1, 0.15) is 55.8 Å². The third-order valence-corrected chi connectivity index (χ3v) is 5.54. The summed E-state index contributed by atoms with van der Waals surface area (Å²) in [7, 11) is 0. The lowest BCUT2D eigenvalue weighted by Gasteiger charge is -2.37. The molecule has 0 radical (unpaired) electrons. The highest BCUT2D eigenvalue weighted by molar-refractivity contribution is 5.96. The standard InChI is InChI=1S/C20H29N3O3/c1-20(21)11-3-2-4-17(20)19(25)23-15-7-5-14(6-8-15)18(24)22-16-9-12-26-13-10-16/h5-8,16-17H,2-4,9-13,21H2,1H3,(H,22,24)(H,23,25). The molecule has 1 saturated heterocycles. The number of rotatable bonds is 4. The van der Waals surface area contributed by atoms with Gasteiger partial charge in [0.1, 0.15) is 0 Å². The Bertz CT molecular complexity index is 636. The van der Waals surface area contributed by atoms with E-state index in [9.17, 15) is 9.59 Å². The van der Waals surface area contributed by atoms with E-state index in [-0.39, 0.29) is 23.8 Å². The Morgan fingerprint density at radius 3 is 2.46 bits per heavy atom. The lowest BCUT2D eigenvalue weighted by Crippen LogP contribution is -2.51. The van der Waals surface area contributed by atoms with Gasteiger partial charge in [-0.2, -0.15) is 0 Å². The zero-order valence-electron chi connectivity index (χ0n) is 15.4. The molecule has 1 heterocycles. The molecule has 2 atom stereocenters. The molecule has 2 aliphatic rings. The summed E-state index contributed by atoms with van der Waals surface area (Å²) in [6.07, 6.45) is 5.50. The maximum atomic E-state index is 12.6. The van der Waals surface area contributed by atoms with Crippen molar-refractivity contribution in [2.75, 3.05) is 18.5 Å². The molecule has 1 aliphatic carbocycles.